The Kier molecular flexibility index (Phi) is 2.88. The van der Waals surface area contributed by atoms with Crippen LogP contribution in [0.1, 0.15) is 25.3 Å². The van der Waals surface area contributed by atoms with Crippen molar-refractivity contribution in [2.24, 2.45) is 11.8 Å². The number of carbonyl (C=O) groups is 1. The van der Waals surface area contributed by atoms with Crippen LogP contribution in [-0.4, -0.2) is 48.2 Å². The van der Waals surface area contributed by atoms with Crippen LogP contribution in [0.3, 0.4) is 0 Å². The molecule has 4 bridgehead atoms. The van der Waals surface area contributed by atoms with Gasteiger partial charge < -0.3 is 10.0 Å². The lowest BCUT2D eigenvalue weighted by atomic mass is 9.69. The Bertz CT molecular complexity index is 758. The Hall–Kier alpha value is -1.65. The summed E-state index contributed by atoms with van der Waals surface area (Å²) in [5, 5.41) is 10.0. The number of carbonyl (C=O) groups excluding carboxylic acids is 1. The molecule has 1 N–H and O–H groups in total. The molecule has 6 atom stereocenters. The van der Waals surface area contributed by atoms with Gasteiger partial charge in [0.1, 0.15) is 0 Å². The molecule has 4 heteroatoms. The highest BCUT2D eigenvalue weighted by atomic mass is 16.3. The first-order valence-corrected chi connectivity index (χ1v) is 9.02. The molecule has 24 heavy (non-hydrogen) atoms. The molecule has 6 rings (SSSR count). The summed E-state index contributed by atoms with van der Waals surface area (Å²) in [4.78, 5) is 17.8. The summed E-state index contributed by atoms with van der Waals surface area (Å²) in [6, 6.07) is 8.90. The van der Waals surface area contributed by atoms with E-state index in [9.17, 15) is 9.90 Å². The molecule has 6 unspecified atom stereocenters. The minimum Gasteiger partial charge on any atom is -0.396 e. The van der Waals surface area contributed by atoms with E-state index in [1.165, 1.54) is 11.1 Å². The molecule has 5 aliphatic heterocycles. The number of anilines is 1. The maximum Gasteiger partial charge on any atom is 0.239 e. The molecule has 1 aromatic rings. The van der Waals surface area contributed by atoms with Crippen LogP contribution in [0.4, 0.5) is 5.69 Å². The third kappa shape index (κ3) is 1.46. The second kappa shape index (κ2) is 4.70. The fourth-order valence-electron chi connectivity index (χ4n) is 6.24. The van der Waals surface area contributed by atoms with Gasteiger partial charge in [-0.15, -0.1) is 0 Å². The Labute approximate surface area is 142 Å². The highest BCUT2D eigenvalue weighted by molar-refractivity contribution is 6.08. The summed E-state index contributed by atoms with van der Waals surface area (Å²) in [6.07, 6.45) is 4.08. The molecule has 4 fully saturated rings. The van der Waals surface area contributed by atoms with Crippen molar-refractivity contribution in [1.29, 1.82) is 0 Å². The van der Waals surface area contributed by atoms with E-state index >= 15 is 0 Å². The highest BCUT2D eigenvalue weighted by Gasteiger charge is 2.68. The molecule has 0 radical (unpaired) electrons. The molecule has 1 amide bonds. The topological polar surface area (TPSA) is 43.8 Å². The first-order valence-electron chi connectivity index (χ1n) is 9.02. The summed E-state index contributed by atoms with van der Waals surface area (Å²) in [5.74, 6) is 0.958. The molecule has 1 aromatic carbocycles. The van der Waals surface area contributed by atoms with Crippen LogP contribution in [-0.2, 0) is 10.2 Å². The van der Waals surface area contributed by atoms with Gasteiger partial charge >= 0.3 is 0 Å². The van der Waals surface area contributed by atoms with Crippen molar-refractivity contribution in [2.75, 3.05) is 25.1 Å². The van der Waals surface area contributed by atoms with E-state index in [2.05, 4.69) is 36.1 Å². The Balaban J connectivity index is 1.68. The first kappa shape index (κ1) is 14.7. The molecule has 0 saturated carbocycles. The molecule has 5 heterocycles. The van der Waals surface area contributed by atoms with Crippen molar-refractivity contribution < 1.29 is 9.90 Å². The number of hydrogen-bond acceptors (Lipinski definition) is 3. The largest absolute Gasteiger partial charge is 0.396 e. The number of piperidine rings is 3. The van der Waals surface area contributed by atoms with Crippen molar-refractivity contribution in [1.82, 2.24) is 4.90 Å². The van der Waals surface area contributed by atoms with Crippen LogP contribution >= 0.6 is 0 Å². The molecule has 126 valence electrons. The van der Waals surface area contributed by atoms with E-state index in [1.807, 2.05) is 18.0 Å². The van der Waals surface area contributed by atoms with Crippen LogP contribution < -0.4 is 4.90 Å². The van der Waals surface area contributed by atoms with E-state index in [0.29, 0.717) is 12.0 Å². The van der Waals surface area contributed by atoms with Gasteiger partial charge in [-0.1, -0.05) is 29.8 Å². The number of likely N-dealkylation sites (N-methyl/N-ethyl adjacent to an activating group) is 1. The fourth-order valence-corrected chi connectivity index (χ4v) is 6.24. The Morgan fingerprint density at radius 1 is 1.38 bits per heavy atom. The molecule has 5 aliphatic rings. The van der Waals surface area contributed by atoms with Crippen molar-refractivity contribution in [3.63, 3.8) is 0 Å². The molecule has 0 aliphatic carbocycles. The van der Waals surface area contributed by atoms with Crippen LogP contribution in [0.25, 0.3) is 0 Å². The van der Waals surface area contributed by atoms with E-state index in [0.717, 1.165) is 25.1 Å². The number of hydrogen-bond donors (Lipinski definition) is 1. The van der Waals surface area contributed by atoms with Crippen molar-refractivity contribution in [2.45, 2.75) is 37.3 Å². The smallest absolute Gasteiger partial charge is 0.239 e. The van der Waals surface area contributed by atoms with Gasteiger partial charge in [0, 0.05) is 43.9 Å². The third-order valence-corrected chi connectivity index (χ3v) is 7.27. The fraction of sp³-hybridized carbons (Fsp3) is 0.550. The van der Waals surface area contributed by atoms with Gasteiger partial charge in [-0.05, 0) is 37.3 Å². The summed E-state index contributed by atoms with van der Waals surface area (Å²) >= 11 is 0. The summed E-state index contributed by atoms with van der Waals surface area (Å²) in [7, 11) is 1.91. The number of fused-ring (bicyclic) bond motifs is 3. The zero-order chi connectivity index (χ0) is 16.6. The van der Waals surface area contributed by atoms with Crippen molar-refractivity contribution in [3.8, 4) is 0 Å². The van der Waals surface area contributed by atoms with Gasteiger partial charge in [0.2, 0.25) is 5.91 Å². The van der Waals surface area contributed by atoms with Crippen LogP contribution in [0.2, 0.25) is 0 Å². The van der Waals surface area contributed by atoms with Gasteiger partial charge in [-0.3, -0.25) is 9.69 Å². The Morgan fingerprint density at radius 3 is 2.92 bits per heavy atom. The zero-order valence-corrected chi connectivity index (χ0v) is 14.3. The standard InChI is InChI=1S/C20H24N2O2/c1-3-12-10-22-17-9-20(18(22)8-13(12)14(17)11-23)15-6-4-5-7-16(15)21(2)19(20)24/h3-7,13-14,17-18,23H,8-11H2,1-2H3. The lowest BCUT2D eigenvalue weighted by Gasteiger charge is -2.52. The minimum absolute atomic E-state index is 0.220. The van der Waals surface area contributed by atoms with Gasteiger partial charge in [-0.25, -0.2) is 0 Å². The SMILES string of the molecule is CC=C1CN2C3CC4(C(=O)N(C)c5ccccc54)C2CC1C3CO. The quantitative estimate of drug-likeness (QED) is 0.803. The second-order valence-corrected chi connectivity index (χ2v) is 7.86. The maximum absolute atomic E-state index is 13.4. The number of para-hydroxylation sites is 1. The summed E-state index contributed by atoms with van der Waals surface area (Å²) < 4.78 is 0. The van der Waals surface area contributed by atoms with E-state index in [-0.39, 0.29) is 24.5 Å². The Morgan fingerprint density at radius 2 is 2.17 bits per heavy atom. The third-order valence-electron chi connectivity index (χ3n) is 7.27. The second-order valence-electron chi connectivity index (χ2n) is 7.86. The van der Waals surface area contributed by atoms with Crippen molar-refractivity contribution in [3.05, 3.63) is 41.5 Å². The van der Waals surface area contributed by atoms with Gasteiger partial charge in [0.25, 0.3) is 0 Å². The van der Waals surface area contributed by atoms with E-state index < -0.39 is 5.41 Å². The predicted octanol–water partition coefficient (Wildman–Crippen LogP) is 1.93. The number of allylic oxidation sites excluding steroid dienone is 1. The van der Waals surface area contributed by atoms with E-state index in [4.69, 9.17) is 0 Å². The maximum atomic E-state index is 13.4. The molecular weight excluding hydrogens is 300 g/mol. The molecular formula is C20H24N2O2. The highest BCUT2D eigenvalue weighted by Crippen LogP contribution is 2.61. The monoisotopic (exact) mass is 324 g/mol. The molecule has 4 saturated heterocycles. The van der Waals surface area contributed by atoms with Gasteiger partial charge in [0.05, 0.1) is 5.41 Å². The number of aliphatic hydroxyl groups is 1. The normalized spacial score (nSPS) is 44.0. The van der Waals surface area contributed by atoms with Crippen LogP contribution in [0, 0.1) is 11.8 Å². The minimum atomic E-state index is -0.405. The number of rotatable bonds is 1. The lowest BCUT2D eigenvalue weighted by Crippen LogP contribution is -2.59. The molecule has 0 aromatic heterocycles. The van der Waals surface area contributed by atoms with Gasteiger partial charge in [-0.2, -0.15) is 0 Å². The average molecular weight is 324 g/mol. The molecule has 1 spiro atoms. The van der Waals surface area contributed by atoms with E-state index in [1.54, 1.807) is 0 Å². The molecule has 4 nitrogen and oxygen atoms in total. The van der Waals surface area contributed by atoms with Crippen molar-refractivity contribution >= 4 is 11.6 Å². The van der Waals surface area contributed by atoms with Gasteiger partial charge in [0.15, 0.2) is 0 Å². The summed E-state index contributed by atoms with van der Waals surface area (Å²) in [6.45, 7) is 3.29. The first-order chi connectivity index (χ1) is 11.6. The summed E-state index contributed by atoms with van der Waals surface area (Å²) in [5.41, 5.74) is 3.32. The number of amides is 1. The predicted molar refractivity (Wildman–Crippen MR) is 92.9 cm³/mol. The number of nitrogens with zero attached hydrogens (tertiary/aromatic N) is 2. The average Bonchev–Trinajstić information content (AvgIpc) is 3.00. The lowest BCUT2D eigenvalue weighted by molar-refractivity contribution is -0.124. The zero-order valence-electron chi connectivity index (χ0n) is 14.3. The van der Waals surface area contributed by atoms with Crippen LogP contribution in [0.5, 0.6) is 0 Å². The number of benzene rings is 1. The van der Waals surface area contributed by atoms with Crippen LogP contribution in [0.15, 0.2) is 35.9 Å². The number of aliphatic hydroxyl groups excluding tert-OH is 1.